The van der Waals surface area contributed by atoms with Crippen molar-refractivity contribution < 1.29 is 24.5 Å². The molecule has 0 fully saturated rings. The van der Waals surface area contributed by atoms with E-state index in [0.717, 1.165) is 0 Å². The summed E-state index contributed by atoms with van der Waals surface area (Å²) in [6.45, 7) is 0. The van der Waals surface area contributed by atoms with E-state index >= 15 is 0 Å². The summed E-state index contributed by atoms with van der Waals surface area (Å²) in [6.07, 6.45) is 0.0522. The number of benzene rings is 1. The minimum Gasteiger partial charge on any atom is -0.506 e. The van der Waals surface area contributed by atoms with Crippen LogP contribution in [0.15, 0.2) is 6.07 Å². The van der Waals surface area contributed by atoms with Gasteiger partial charge in [-0.2, -0.15) is 0 Å². The van der Waals surface area contributed by atoms with E-state index < -0.39 is 12.0 Å². The second kappa shape index (κ2) is 6.49. The van der Waals surface area contributed by atoms with Crippen LogP contribution >= 0.6 is 11.6 Å². The zero-order valence-electron chi connectivity index (χ0n) is 10.6. The smallest absolute Gasteiger partial charge is 0.303 e. The molecule has 0 saturated carbocycles. The molecule has 0 aliphatic carbocycles. The number of aromatic hydroxyl groups is 1. The number of hydrogen-bond donors (Lipinski definition) is 3. The van der Waals surface area contributed by atoms with Gasteiger partial charge in [-0.05, 0) is 6.42 Å². The Morgan fingerprint density at radius 1 is 1.47 bits per heavy atom. The summed E-state index contributed by atoms with van der Waals surface area (Å²) in [5.41, 5.74) is 6.25. The van der Waals surface area contributed by atoms with Gasteiger partial charge in [-0.15, -0.1) is 0 Å². The fraction of sp³-hybridized carbons (Fsp3) is 0.417. The number of phenols is 1. The molecule has 1 aromatic rings. The lowest BCUT2D eigenvalue weighted by atomic mass is 10.0. The standard InChI is InChI=1S/C12H16ClNO5/c1-18-8-5-7(15)11(13)10(12(8)19-2)6(14)3-4-9(16)17/h5-6,15H,3-4,14H2,1-2H3,(H,16,17). The molecule has 0 heterocycles. The highest BCUT2D eigenvalue weighted by Gasteiger charge is 2.23. The topological polar surface area (TPSA) is 102 Å². The molecule has 0 radical (unpaired) electrons. The van der Waals surface area contributed by atoms with Gasteiger partial charge >= 0.3 is 5.97 Å². The Bertz CT molecular complexity index is 478. The summed E-state index contributed by atoms with van der Waals surface area (Å²) in [6, 6.07) is 0.633. The third-order valence-corrected chi connectivity index (χ3v) is 3.06. The number of phenolic OH excluding ortho intramolecular Hbond substituents is 1. The van der Waals surface area contributed by atoms with Crippen LogP contribution < -0.4 is 15.2 Å². The number of hydrogen-bond acceptors (Lipinski definition) is 5. The minimum absolute atomic E-state index is 0.0375. The van der Waals surface area contributed by atoms with E-state index in [1.165, 1.54) is 20.3 Å². The Labute approximate surface area is 115 Å². The molecule has 0 spiro atoms. The third-order valence-electron chi connectivity index (χ3n) is 2.66. The number of halogens is 1. The van der Waals surface area contributed by atoms with Gasteiger partial charge in [0.2, 0.25) is 0 Å². The number of aliphatic carboxylic acids is 1. The van der Waals surface area contributed by atoms with E-state index in [1.807, 2.05) is 0 Å². The van der Waals surface area contributed by atoms with Gasteiger partial charge in [0.1, 0.15) is 5.75 Å². The van der Waals surface area contributed by atoms with Crippen molar-refractivity contribution in [2.45, 2.75) is 18.9 Å². The van der Waals surface area contributed by atoms with Crippen molar-refractivity contribution in [1.29, 1.82) is 0 Å². The van der Waals surface area contributed by atoms with Crippen molar-refractivity contribution in [3.05, 3.63) is 16.7 Å². The molecular formula is C12H16ClNO5. The number of carbonyl (C=O) groups is 1. The average Bonchev–Trinajstić information content (AvgIpc) is 2.38. The fourth-order valence-electron chi connectivity index (χ4n) is 1.74. The SMILES string of the molecule is COc1cc(O)c(Cl)c(C(N)CCC(=O)O)c1OC. The van der Waals surface area contributed by atoms with E-state index in [0.29, 0.717) is 11.3 Å². The minimum atomic E-state index is -0.961. The van der Waals surface area contributed by atoms with E-state index in [1.54, 1.807) is 0 Å². The van der Waals surface area contributed by atoms with Gasteiger partial charge in [-0.25, -0.2) is 0 Å². The molecule has 106 valence electrons. The van der Waals surface area contributed by atoms with Gasteiger partial charge in [-0.3, -0.25) is 4.79 Å². The van der Waals surface area contributed by atoms with E-state index in [2.05, 4.69) is 0 Å². The van der Waals surface area contributed by atoms with Crippen LogP contribution in [0.1, 0.15) is 24.4 Å². The zero-order valence-corrected chi connectivity index (χ0v) is 11.4. The summed E-state index contributed by atoms with van der Waals surface area (Å²) in [5, 5.41) is 18.4. The van der Waals surface area contributed by atoms with Crippen molar-refractivity contribution >= 4 is 17.6 Å². The summed E-state index contributed by atoms with van der Waals surface area (Å²) in [5.74, 6) is -0.578. The van der Waals surface area contributed by atoms with Gasteiger partial charge in [0.05, 0.1) is 19.2 Å². The second-order valence-electron chi connectivity index (χ2n) is 3.90. The number of nitrogens with two attached hydrogens (primary N) is 1. The highest BCUT2D eigenvalue weighted by Crippen LogP contribution is 2.45. The van der Waals surface area contributed by atoms with Gasteiger partial charge < -0.3 is 25.4 Å². The lowest BCUT2D eigenvalue weighted by molar-refractivity contribution is -0.137. The van der Waals surface area contributed by atoms with Gasteiger partial charge in [-0.1, -0.05) is 11.6 Å². The quantitative estimate of drug-likeness (QED) is 0.739. The van der Waals surface area contributed by atoms with Crippen LogP contribution in [-0.4, -0.2) is 30.4 Å². The van der Waals surface area contributed by atoms with Crippen LogP contribution in [0.5, 0.6) is 17.2 Å². The number of carboxylic acids is 1. The van der Waals surface area contributed by atoms with Gasteiger partial charge in [0.25, 0.3) is 0 Å². The highest BCUT2D eigenvalue weighted by atomic mass is 35.5. The summed E-state index contributed by atoms with van der Waals surface area (Å²) >= 11 is 6.00. The molecule has 1 rings (SSSR count). The monoisotopic (exact) mass is 289 g/mol. The Morgan fingerprint density at radius 3 is 2.58 bits per heavy atom. The van der Waals surface area contributed by atoms with Crippen molar-refractivity contribution in [2.24, 2.45) is 5.73 Å². The first-order chi connectivity index (χ1) is 8.92. The molecule has 0 aromatic heterocycles. The molecule has 0 amide bonds. The third kappa shape index (κ3) is 3.42. The molecular weight excluding hydrogens is 274 g/mol. The van der Waals surface area contributed by atoms with Crippen LogP contribution in [-0.2, 0) is 4.79 Å². The lowest BCUT2D eigenvalue weighted by Crippen LogP contribution is -2.14. The Hall–Kier alpha value is -1.66. The Kier molecular flexibility index (Phi) is 5.26. The number of rotatable bonds is 6. The predicted molar refractivity (Wildman–Crippen MR) is 70.0 cm³/mol. The maximum Gasteiger partial charge on any atom is 0.303 e. The molecule has 0 aliphatic rings. The molecule has 7 heteroatoms. The number of carboxylic acid groups (broad SMARTS) is 1. The summed E-state index contributed by atoms with van der Waals surface area (Å²) < 4.78 is 10.3. The second-order valence-corrected chi connectivity index (χ2v) is 4.28. The summed E-state index contributed by atoms with van der Waals surface area (Å²) in [7, 11) is 2.83. The first-order valence-corrected chi connectivity index (χ1v) is 5.90. The number of ether oxygens (including phenoxy) is 2. The van der Waals surface area contributed by atoms with Crippen LogP contribution in [0, 0.1) is 0 Å². The first-order valence-electron chi connectivity index (χ1n) is 5.53. The molecule has 1 atom stereocenters. The molecule has 0 aliphatic heterocycles. The Morgan fingerprint density at radius 2 is 2.11 bits per heavy atom. The van der Waals surface area contributed by atoms with Crippen molar-refractivity contribution in [2.75, 3.05) is 14.2 Å². The Balaban J connectivity index is 3.22. The van der Waals surface area contributed by atoms with Crippen molar-refractivity contribution in [3.8, 4) is 17.2 Å². The van der Waals surface area contributed by atoms with Gasteiger partial charge in [0.15, 0.2) is 11.5 Å². The van der Waals surface area contributed by atoms with Crippen LogP contribution in [0.3, 0.4) is 0 Å². The molecule has 19 heavy (non-hydrogen) atoms. The summed E-state index contributed by atoms with van der Waals surface area (Å²) in [4.78, 5) is 10.6. The van der Waals surface area contributed by atoms with Crippen LogP contribution in [0.25, 0.3) is 0 Å². The number of methoxy groups -OCH3 is 2. The van der Waals surface area contributed by atoms with Crippen LogP contribution in [0.2, 0.25) is 5.02 Å². The maximum absolute atomic E-state index is 10.6. The normalized spacial score (nSPS) is 12.0. The first kappa shape index (κ1) is 15.4. The van der Waals surface area contributed by atoms with Crippen molar-refractivity contribution in [1.82, 2.24) is 0 Å². The van der Waals surface area contributed by atoms with E-state index in [4.69, 9.17) is 31.9 Å². The average molecular weight is 290 g/mol. The highest BCUT2D eigenvalue weighted by molar-refractivity contribution is 6.33. The predicted octanol–water partition coefficient (Wildman–Crippen LogP) is 1.93. The van der Waals surface area contributed by atoms with Crippen LogP contribution in [0.4, 0.5) is 0 Å². The van der Waals surface area contributed by atoms with Gasteiger partial charge in [0, 0.05) is 24.1 Å². The maximum atomic E-state index is 10.6. The lowest BCUT2D eigenvalue weighted by Gasteiger charge is -2.19. The van der Waals surface area contributed by atoms with E-state index in [9.17, 15) is 9.90 Å². The molecule has 0 saturated heterocycles. The molecule has 4 N–H and O–H groups in total. The molecule has 0 bridgehead atoms. The molecule has 6 nitrogen and oxygen atoms in total. The molecule has 1 aromatic carbocycles. The van der Waals surface area contributed by atoms with E-state index in [-0.39, 0.29) is 29.4 Å². The van der Waals surface area contributed by atoms with Crippen molar-refractivity contribution in [3.63, 3.8) is 0 Å². The largest absolute Gasteiger partial charge is 0.506 e. The zero-order chi connectivity index (χ0) is 14.6. The fourth-order valence-corrected chi connectivity index (χ4v) is 2.02. The molecule has 1 unspecified atom stereocenters.